The van der Waals surface area contributed by atoms with Crippen LogP contribution in [0, 0.1) is 0 Å². The topological polar surface area (TPSA) is 103 Å². The Balaban J connectivity index is 5.49. The van der Waals surface area contributed by atoms with Gasteiger partial charge >= 0.3 is 12.1 Å². The number of amides is 4. The number of hydrogen-bond donors (Lipinski definition) is 0. The summed E-state index contributed by atoms with van der Waals surface area (Å²) < 4.78 is 0. The maximum atomic E-state index is 13.3. The van der Waals surface area contributed by atoms with Crippen LogP contribution in [0.1, 0.15) is 97.8 Å². The number of carbonyl (C=O) groups is 2. The Morgan fingerprint density at radius 2 is 1.03 bits per heavy atom. The highest BCUT2D eigenvalue weighted by Crippen LogP contribution is 2.13. The molecule has 0 aromatic carbocycles. The number of unbranched alkanes of at least 4 members (excludes halogenated alkanes) is 9. The third kappa shape index (κ3) is 12.7. The molecule has 0 rings (SSSR count). The molecule has 0 N–H and O–H groups in total. The molecule has 4 amide bonds. The maximum absolute atomic E-state index is 13.3. The fourth-order valence-electron chi connectivity index (χ4n) is 3.20. The predicted molar refractivity (Wildman–Crippen MR) is 120 cm³/mol. The van der Waals surface area contributed by atoms with Gasteiger partial charge < -0.3 is 4.90 Å². The van der Waals surface area contributed by atoms with Gasteiger partial charge in [0.25, 0.3) is 12.2 Å². The molecule has 0 radical (unpaired) electrons. The molecule has 0 aliphatic carbocycles. The lowest BCUT2D eigenvalue weighted by Crippen LogP contribution is -2.50. The smallest absolute Gasteiger partial charge is 0.324 e. The summed E-state index contributed by atoms with van der Waals surface area (Å²) in [5.74, 6) is 0. The van der Waals surface area contributed by atoms with Crippen LogP contribution >= 0.6 is 0 Å². The first kappa shape index (κ1) is 28.5. The van der Waals surface area contributed by atoms with Crippen molar-refractivity contribution in [1.82, 2.24) is 14.9 Å². The van der Waals surface area contributed by atoms with E-state index in [1.165, 1.54) is 12.2 Å². The number of imide groups is 1. The molecule has 176 valence electrons. The van der Waals surface area contributed by atoms with Crippen molar-refractivity contribution in [2.45, 2.75) is 97.8 Å². The Morgan fingerprint density at radius 1 is 0.613 bits per heavy atom. The second-order valence-electron chi connectivity index (χ2n) is 7.56. The van der Waals surface area contributed by atoms with Crippen LogP contribution in [0.25, 0.3) is 0 Å². The van der Waals surface area contributed by atoms with E-state index in [0.717, 1.165) is 75.5 Å². The fourth-order valence-corrected chi connectivity index (χ4v) is 3.20. The second kappa shape index (κ2) is 19.5. The number of nitrogens with zero attached hydrogens (tertiary/aromatic N) is 5. The average Bonchev–Trinajstić information content (AvgIpc) is 2.77. The molecule has 0 atom stereocenters. The molecule has 0 bridgehead atoms. The standard InChI is InChI=1S/C22H39N5O4/c1-4-7-10-13-16-25(17-14-11-8-5-2)21(30)26(18-15-12-9-6-3)22(31)27(23-19-28)24-20-29/h4-18H2,1-3H3. The van der Waals surface area contributed by atoms with Crippen molar-refractivity contribution in [1.29, 1.82) is 0 Å². The van der Waals surface area contributed by atoms with Gasteiger partial charge in [0.05, 0.1) is 0 Å². The van der Waals surface area contributed by atoms with Crippen LogP contribution in [-0.4, -0.2) is 58.8 Å². The number of urea groups is 2. The van der Waals surface area contributed by atoms with E-state index in [9.17, 15) is 19.2 Å². The van der Waals surface area contributed by atoms with Crippen molar-refractivity contribution in [2.75, 3.05) is 19.6 Å². The summed E-state index contributed by atoms with van der Waals surface area (Å²) >= 11 is 0. The molecule has 0 fully saturated rings. The largest absolute Gasteiger partial charge is 0.371 e. The molecule has 0 aliphatic heterocycles. The third-order valence-electron chi connectivity index (χ3n) is 4.97. The summed E-state index contributed by atoms with van der Waals surface area (Å²) in [5, 5.41) is 6.54. The average molecular weight is 438 g/mol. The van der Waals surface area contributed by atoms with Gasteiger partial charge in [0.1, 0.15) is 0 Å². The summed E-state index contributed by atoms with van der Waals surface area (Å²) in [6, 6.07) is -1.39. The van der Waals surface area contributed by atoms with Gasteiger partial charge in [-0.05, 0) is 19.3 Å². The van der Waals surface area contributed by atoms with Crippen LogP contribution in [0.4, 0.5) is 9.59 Å². The Kier molecular flexibility index (Phi) is 17.9. The Morgan fingerprint density at radius 3 is 1.42 bits per heavy atom. The number of rotatable bonds is 17. The minimum atomic E-state index is -0.944. The molecule has 0 aromatic heterocycles. The van der Waals surface area contributed by atoms with Gasteiger partial charge in [-0.3, -0.25) is 0 Å². The first-order valence-corrected chi connectivity index (χ1v) is 11.6. The minimum Gasteiger partial charge on any atom is -0.324 e. The van der Waals surface area contributed by atoms with Gasteiger partial charge in [0.2, 0.25) is 0 Å². The minimum absolute atomic E-state index is 0.164. The van der Waals surface area contributed by atoms with E-state index in [1.54, 1.807) is 4.90 Å². The first-order valence-electron chi connectivity index (χ1n) is 11.6. The molecule has 0 saturated heterocycles. The molecule has 0 spiro atoms. The van der Waals surface area contributed by atoms with Gasteiger partial charge in [-0.25, -0.2) is 24.1 Å². The Bertz CT molecular complexity index is 571. The molecule has 0 aliphatic rings. The number of carbonyl (C=O) groups excluding carboxylic acids is 4. The summed E-state index contributed by atoms with van der Waals surface area (Å²) in [5.41, 5.74) is 0. The molecule has 0 heterocycles. The molecule has 0 saturated carbocycles. The van der Waals surface area contributed by atoms with E-state index >= 15 is 0 Å². The van der Waals surface area contributed by atoms with Crippen molar-refractivity contribution in [2.24, 2.45) is 10.2 Å². The molecule has 9 nitrogen and oxygen atoms in total. The Labute approximate surface area is 186 Å². The van der Waals surface area contributed by atoms with E-state index < -0.39 is 12.1 Å². The van der Waals surface area contributed by atoms with E-state index in [2.05, 4.69) is 31.0 Å². The van der Waals surface area contributed by atoms with Gasteiger partial charge in [0, 0.05) is 19.6 Å². The molecular weight excluding hydrogens is 398 g/mol. The number of isocyanates is 2. The molecule has 31 heavy (non-hydrogen) atoms. The monoisotopic (exact) mass is 437 g/mol. The zero-order valence-electron chi connectivity index (χ0n) is 19.5. The molecule has 0 aromatic rings. The normalized spacial score (nSPS) is 10.0. The van der Waals surface area contributed by atoms with Crippen molar-refractivity contribution in [3.63, 3.8) is 0 Å². The van der Waals surface area contributed by atoms with E-state index in [1.807, 2.05) is 0 Å². The molecule has 9 heteroatoms. The maximum Gasteiger partial charge on any atom is 0.371 e. The lowest BCUT2D eigenvalue weighted by atomic mass is 10.1. The van der Waals surface area contributed by atoms with Crippen LogP contribution in [-0.2, 0) is 9.59 Å². The number of hydrazone groups is 2. The summed E-state index contributed by atoms with van der Waals surface area (Å²) in [6.07, 6.45) is 13.9. The second-order valence-corrected chi connectivity index (χ2v) is 7.56. The van der Waals surface area contributed by atoms with Crippen LogP contribution in [0.15, 0.2) is 10.2 Å². The summed E-state index contributed by atoms with van der Waals surface area (Å²) in [6.45, 7) is 7.59. The van der Waals surface area contributed by atoms with Gasteiger partial charge in [-0.1, -0.05) is 93.9 Å². The van der Waals surface area contributed by atoms with Crippen molar-refractivity contribution < 1.29 is 19.2 Å². The molecular formula is C22H39N5O4. The van der Waals surface area contributed by atoms with Crippen LogP contribution in [0.5, 0.6) is 0 Å². The van der Waals surface area contributed by atoms with Gasteiger partial charge in [-0.15, -0.1) is 0 Å². The lowest BCUT2D eigenvalue weighted by Gasteiger charge is -2.30. The first-order chi connectivity index (χ1) is 15.1. The lowest BCUT2D eigenvalue weighted by molar-refractivity contribution is 0.132. The SMILES string of the molecule is CCCCCCN(CCCCCC)C(=O)N(CCCCCC)C(=O)N(N=C=O)N=C=O. The van der Waals surface area contributed by atoms with Crippen LogP contribution in [0.3, 0.4) is 0 Å². The van der Waals surface area contributed by atoms with Crippen LogP contribution in [0.2, 0.25) is 0 Å². The summed E-state index contributed by atoms with van der Waals surface area (Å²) in [4.78, 5) is 50.1. The summed E-state index contributed by atoms with van der Waals surface area (Å²) in [7, 11) is 0. The van der Waals surface area contributed by atoms with Crippen LogP contribution < -0.4 is 0 Å². The highest BCUT2D eigenvalue weighted by atomic mass is 16.2. The quantitative estimate of drug-likeness (QED) is 0.132. The fraction of sp³-hybridized carbons (Fsp3) is 0.818. The van der Waals surface area contributed by atoms with Crippen molar-refractivity contribution >= 4 is 24.2 Å². The molecule has 0 unspecified atom stereocenters. The van der Waals surface area contributed by atoms with Gasteiger partial charge in [0.15, 0.2) is 0 Å². The van der Waals surface area contributed by atoms with E-state index in [-0.39, 0.29) is 11.7 Å². The zero-order valence-corrected chi connectivity index (χ0v) is 19.5. The number of hydrogen-bond acceptors (Lipinski definition) is 6. The van der Waals surface area contributed by atoms with E-state index in [4.69, 9.17) is 0 Å². The third-order valence-corrected chi connectivity index (χ3v) is 4.97. The van der Waals surface area contributed by atoms with E-state index in [0.29, 0.717) is 19.5 Å². The predicted octanol–water partition coefficient (Wildman–Crippen LogP) is 5.37. The zero-order chi connectivity index (χ0) is 23.3. The van der Waals surface area contributed by atoms with Crippen molar-refractivity contribution in [3.05, 3.63) is 0 Å². The highest BCUT2D eigenvalue weighted by Gasteiger charge is 2.30. The van der Waals surface area contributed by atoms with Gasteiger partial charge in [-0.2, -0.15) is 0 Å². The van der Waals surface area contributed by atoms with Crippen molar-refractivity contribution in [3.8, 4) is 0 Å². The Hall–Kier alpha value is -2.50. The highest BCUT2D eigenvalue weighted by molar-refractivity contribution is 5.93.